The molecule has 2 N–H and O–H groups in total. The van der Waals surface area contributed by atoms with Gasteiger partial charge in [0.15, 0.2) is 0 Å². The van der Waals surface area contributed by atoms with Gasteiger partial charge in [0.25, 0.3) is 0 Å². The van der Waals surface area contributed by atoms with Crippen molar-refractivity contribution in [2.24, 2.45) is 5.73 Å². The second-order valence-corrected chi connectivity index (χ2v) is 3.09. The average molecular weight is 198 g/mol. The molecule has 1 aliphatic rings. The number of hydrogen-bond acceptors (Lipinski definition) is 4. The molecule has 0 aromatic carbocycles. The van der Waals surface area contributed by atoms with Crippen molar-refractivity contribution in [3.63, 3.8) is 0 Å². The van der Waals surface area contributed by atoms with E-state index in [1.807, 2.05) is 0 Å². The number of carbonyl (C=O) groups excluding carboxylic acids is 2. The number of allylic oxidation sites excluding steroid dienone is 1. The standard InChI is InChI=1S/C9H14N2O3/c1-3-14-8(12)4-6(2)11-5-7(10)9(11)13/h4,7H,3,5,10H2,1-2H3/b6-4+. The Kier molecular flexibility index (Phi) is 3.24. The van der Waals surface area contributed by atoms with Crippen LogP contribution >= 0.6 is 0 Å². The number of likely N-dealkylation sites (tertiary alicyclic amines) is 1. The zero-order chi connectivity index (χ0) is 10.7. The molecule has 1 heterocycles. The SMILES string of the molecule is CCOC(=O)/C=C(\C)N1CC(N)C1=O. The summed E-state index contributed by atoms with van der Waals surface area (Å²) >= 11 is 0. The monoisotopic (exact) mass is 198 g/mol. The minimum absolute atomic E-state index is 0.150. The summed E-state index contributed by atoms with van der Waals surface area (Å²) in [6, 6.07) is -0.416. The average Bonchev–Trinajstić information content (AvgIpc) is 2.13. The Bertz CT molecular complexity index is 286. The van der Waals surface area contributed by atoms with Gasteiger partial charge in [0.1, 0.15) is 6.04 Å². The molecular formula is C9H14N2O3. The minimum Gasteiger partial charge on any atom is -0.463 e. The molecular weight excluding hydrogens is 184 g/mol. The summed E-state index contributed by atoms with van der Waals surface area (Å²) in [5.74, 6) is -0.582. The van der Waals surface area contributed by atoms with E-state index in [-0.39, 0.29) is 5.91 Å². The van der Waals surface area contributed by atoms with Gasteiger partial charge in [0.2, 0.25) is 5.91 Å². The molecule has 0 aromatic heterocycles. The van der Waals surface area contributed by atoms with Crippen LogP contribution in [0.15, 0.2) is 11.8 Å². The molecule has 1 aliphatic heterocycles. The van der Waals surface area contributed by atoms with E-state index in [9.17, 15) is 9.59 Å². The molecule has 14 heavy (non-hydrogen) atoms. The third kappa shape index (κ3) is 2.11. The van der Waals surface area contributed by atoms with Gasteiger partial charge in [-0.2, -0.15) is 0 Å². The van der Waals surface area contributed by atoms with Gasteiger partial charge in [0, 0.05) is 18.3 Å². The zero-order valence-corrected chi connectivity index (χ0v) is 8.32. The van der Waals surface area contributed by atoms with Crippen molar-refractivity contribution >= 4 is 11.9 Å². The normalized spacial score (nSPS) is 21.9. The predicted molar refractivity (Wildman–Crippen MR) is 50.1 cm³/mol. The van der Waals surface area contributed by atoms with Crippen LogP contribution in [0.25, 0.3) is 0 Å². The van der Waals surface area contributed by atoms with Crippen molar-refractivity contribution in [3.05, 3.63) is 11.8 Å². The maximum atomic E-state index is 11.2. The van der Waals surface area contributed by atoms with E-state index in [1.165, 1.54) is 11.0 Å². The van der Waals surface area contributed by atoms with E-state index in [4.69, 9.17) is 10.5 Å². The second-order valence-electron chi connectivity index (χ2n) is 3.09. The van der Waals surface area contributed by atoms with E-state index in [0.29, 0.717) is 18.8 Å². The summed E-state index contributed by atoms with van der Waals surface area (Å²) in [7, 11) is 0. The van der Waals surface area contributed by atoms with Crippen molar-refractivity contribution in [2.45, 2.75) is 19.9 Å². The summed E-state index contributed by atoms with van der Waals surface area (Å²) < 4.78 is 4.71. The number of carbonyl (C=O) groups is 2. The number of hydrogen-bond donors (Lipinski definition) is 1. The Labute approximate surface area is 82.5 Å². The Hall–Kier alpha value is -1.36. The molecule has 5 heteroatoms. The summed E-state index contributed by atoms with van der Waals surface area (Å²) in [6.45, 7) is 4.21. The van der Waals surface area contributed by atoms with E-state index >= 15 is 0 Å². The molecule has 1 saturated heterocycles. The van der Waals surface area contributed by atoms with E-state index < -0.39 is 12.0 Å². The van der Waals surface area contributed by atoms with Gasteiger partial charge < -0.3 is 15.4 Å². The molecule has 1 unspecified atom stereocenters. The fourth-order valence-corrected chi connectivity index (χ4v) is 1.20. The molecule has 0 aliphatic carbocycles. The lowest BCUT2D eigenvalue weighted by molar-refractivity contribution is -0.139. The van der Waals surface area contributed by atoms with Gasteiger partial charge in [-0.3, -0.25) is 4.79 Å². The molecule has 0 spiro atoms. The summed E-state index contributed by atoms with van der Waals surface area (Å²) in [5.41, 5.74) is 5.98. The fraction of sp³-hybridized carbons (Fsp3) is 0.556. The minimum atomic E-state index is -0.432. The first kappa shape index (κ1) is 10.7. The molecule has 5 nitrogen and oxygen atoms in total. The Morgan fingerprint density at radius 3 is 2.86 bits per heavy atom. The number of esters is 1. The molecule has 1 amide bonds. The van der Waals surface area contributed by atoms with Gasteiger partial charge in [-0.25, -0.2) is 4.79 Å². The van der Waals surface area contributed by atoms with Gasteiger partial charge in [-0.1, -0.05) is 0 Å². The lowest BCUT2D eigenvalue weighted by Gasteiger charge is -2.36. The quantitative estimate of drug-likeness (QED) is 0.381. The number of nitrogens with zero attached hydrogens (tertiary/aromatic N) is 1. The molecule has 0 bridgehead atoms. The van der Waals surface area contributed by atoms with Gasteiger partial charge in [0.05, 0.1) is 6.61 Å². The second kappa shape index (κ2) is 4.23. The van der Waals surface area contributed by atoms with Gasteiger partial charge >= 0.3 is 5.97 Å². The van der Waals surface area contributed by atoms with Crippen LogP contribution in [0.3, 0.4) is 0 Å². The first-order valence-corrected chi connectivity index (χ1v) is 4.48. The van der Waals surface area contributed by atoms with Crippen molar-refractivity contribution in [3.8, 4) is 0 Å². The lowest BCUT2D eigenvalue weighted by atomic mass is 10.1. The van der Waals surface area contributed by atoms with Gasteiger partial charge in [-0.15, -0.1) is 0 Å². The third-order valence-corrected chi connectivity index (χ3v) is 2.00. The smallest absolute Gasteiger partial charge is 0.332 e. The van der Waals surface area contributed by atoms with E-state index in [2.05, 4.69) is 0 Å². The maximum Gasteiger partial charge on any atom is 0.332 e. The Balaban J connectivity index is 2.53. The van der Waals surface area contributed by atoms with Crippen LogP contribution in [0.2, 0.25) is 0 Å². The van der Waals surface area contributed by atoms with E-state index in [0.717, 1.165) is 0 Å². The Morgan fingerprint density at radius 1 is 1.79 bits per heavy atom. The first-order valence-electron chi connectivity index (χ1n) is 4.48. The van der Waals surface area contributed by atoms with Crippen molar-refractivity contribution in [1.29, 1.82) is 0 Å². The van der Waals surface area contributed by atoms with Crippen molar-refractivity contribution in [2.75, 3.05) is 13.2 Å². The van der Waals surface area contributed by atoms with Crippen molar-refractivity contribution in [1.82, 2.24) is 4.90 Å². The number of amides is 1. The van der Waals surface area contributed by atoms with Crippen LogP contribution in [0.4, 0.5) is 0 Å². The summed E-state index contributed by atoms with van der Waals surface area (Å²) in [6.07, 6.45) is 1.30. The summed E-state index contributed by atoms with van der Waals surface area (Å²) in [4.78, 5) is 23.6. The third-order valence-electron chi connectivity index (χ3n) is 2.00. The predicted octanol–water partition coefficient (Wildman–Crippen LogP) is -0.377. The zero-order valence-electron chi connectivity index (χ0n) is 8.32. The number of rotatable bonds is 3. The molecule has 0 saturated carbocycles. The molecule has 1 fully saturated rings. The molecule has 1 rings (SSSR count). The molecule has 78 valence electrons. The lowest BCUT2D eigenvalue weighted by Crippen LogP contribution is -2.59. The first-order chi connectivity index (χ1) is 6.56. The molecule has 0 radical (unpaired) electrons. The van der Waals surface area contributed by atoms with Crippen LogP contribution in [0, 0.1) is 0 Å². The highest BCUT2D eigenvalue weighted by Gasteiger charge is 2.34. The highest BCUT2D eigenvalue weighted by atomic mass is 16.5. The highest BCUT2D eigenvalue weighted by Crippen LogP contribution is 2.14. The van der Waals surface area contributed by atoms with Crippen LogP contribution in [0.1, 0.15) is 13.8 Å². The maximum absolute atomic E-state index is 11.2. The number of nitrogens with two attached hydrogens (primary N) is 1. The van der Waals surface area contributed by atoms with Crippen molar-refractivity contribution < 1.29 is 14.3 Å². The summed E-state index contributed by atoms with van der Waals surface area (Å²) in [5, 5.41) is 0. The van der Waals surface area contributed by atoms with Gasteiger partial charge in [-0.05, 0) is 13.8 Å². The van der Waals surface area contributed by atoms with Crippen LogP contribution in [-0.4, -0.2) is 36.0 Å². The van der Waals surface area contributed by atoms with Crippen LogP contribution in [0.5, 0.6) is 0 Å². The largest absolute Gasteiger partial charge is 0.463 e. The van der Waals surface area contributed by atoms with Crippen LogP contribution < -0.4 is 5.73 Å². The highest BCUT2D eigenvalue weighted by molar-refractivity contribution is 5.91. The molecule has 1 atom stereocenters. The number of ether oxygens (including phenoxy) is 1. The fourth-order valence-electron chi connectivity index (χ4n) is 1.20. The number of β-lactam (4-membered cyclic amide) rings is 1. The topological polar surface area (TPSA) is 72.6 Å². The van der Waals surface area contributed by atoms with Crippen LogP contribution in [-0.2, 0) is 14.3 Å². The Morgan fingerprint density at radius 2 is 2.43 bits per heavy atom. The molecule has 0 aromatic rings. The van der Waals surface area contributed by atoms with E-state index in [1.54, 1.807) is 13.8 Å².